The van der Waals surface area contributed by atoms with Crippen molar-refractivity contribution in [3.8, 4) is 0 Å². The topological polar surface area (TPSA) is 66.4 Å². The van der Waals surface area contributed by atoms with Crippen molar-refractivity contribution in [2.45, 2.75) is 11.1 Å². The summed E-state index contributed by atoms with van der Waals surface area (Å²) in [7, 11) is -4.14. The molecule has 6 nitrogen and oxygen atoms in total. The number of nitrogens with zero attached hydrogens (tertiary/aromatic N) is 4. The second kappa shape index (κ2) is 7.01. The summed E-state index contributed by atoms with van der Waals surface area (Å²) < 4.78 is 65.3. The highest BCUT2D eigenvalue weighted by Crippen LogP contribution is 2.34. The van der Waals surface area contributed by atoms with E-state index >= 15 is 0 Å². The first-order chi connectivity index (χ1) is 12.2. The van der Waals surface area contributed by atoms with Gasteiger partial charge < -0.3 is 4.90 Å². The number of piperazine rings is 1. The zero-order valence-electron chi connectivity index (χ0n) is 13.3. The van der Waals surface area contributed by atoms with Crippen LogP contribution in [0.1, 0.15) is 5.56 Å². The van der Waals surface area contributed by atoms with Gasteiger partial charge in [-0.15, -0.1) is 0 Å². The van der Waals surface area contributed by atoms with Gasteiger partial charge in [0.05, 0.1) is 16.8 Å². The summed E-state index contributed by atoms with van der Waals surface area (Å²) >= 11 is 5.87. The van der Waals surface area contributed by atoms with Gasteiger partial charge in [-0.2, -0.15) is 17.5 Å². The van der Waals surface area contributed by atoms with Crippen molar-refractivity contribution in [2.75, 3.05) is 31.1 Å². The van der Waals surface area contributed by atoms with Crippen LogP contribution in [0.15, 0.2) is 41.7 Å². The molecule has 26 heavy (non-hydrogen) atoms. The van der Waals surface area contributed by atoms with E-state index in [2.05, 4.69) is 9.97 Å². The van der Waals surface area contributed by atoms with Crippen LogP contribution in [-0.4, -0.2) is 48.9 Å². The van der Waals surface area contributed by atoms with E-state index in [1.165, 1.54) is 12.4 Å². The lowest BCUT2D eigenvalue weighted by molar-refractivity contribution is -0.137. The van der Waals surface area contributed by atoms with Crippen LogP contribution in [-0.2, 0) is 16.2 Å². The fourth-order valence-corrected chi connectivity index (χ4v) is 4.55. The summed E-state index contributed by atoms with van der Waals surface area (Å²) in [5.41, 5.74) is -1.06. The van der Waals surface area contributed by atoms with Crippen molar-refractivity contribution in [3.05, 3.63) is 47.4 Å². The fourth-order valence-electron chi connectivity index (χ4n) is 2.63. The fraction of sp³-hybridized carbons (Fsp3) is 0.333. The highest BCUT2D eigenvalue weighted by Gasteiger charge is 2.35. The van der Waals surface area contributed by atoms with Crippen molar-refractivity contribution < 1.29 is 21.6 Å². The van der Waals surface area contributed by atoms with Gasteiger partial charge in [0.1, 0.15) is 10.7 Å². The first-order valence-electron chi connectivity index (χ1n) is 7.57. The summed E-state index contributed by atoms with van der Waals surface area (Å²) in [6.45, 7) is 0.889. The highest BCUT2D eigenvalue weighted by molar-refractivity contribution is 7.89. The van der Waals surface area contributed by atoms with Crippen molar-refractivity contribution >= 4 is 27.4 Å². The first kappa shape index (κ1) is 18.9. The molecule has 2 heterocycles. The predicted octanol–water partition coefficient (Wildman–Crippen LogP) is 2.66. The van der Waals surface area contributed by atoms with E-state index in [0.29, 0.717) is 25.0 Å². The molecule has 0 amide bonds. The normalized spacial score (nSPS) is 16.7. The summed E-state index contributed by atoms with van der Waals surface area (Å²) in [4.78, 5) is 9.42. The summed E-state index contributed by atoms with van der Waals surface area (Å²) in [5, 5.41) is -0.241. The third-order valence-electron chi connectivity index (χ3n) is 3.99. The molecule has 0 saturated carbocycles. The van der Waals surface area contributed by atoms with Crippen molar-refractivity contribution in [2.24, 2.45) is 0 Å². The molecule has 2 aromatic rings. The van der Waals surface area contributed by atoms with Gasteiger partial charge in [-0.05, 0) is 18.2 Å². The zero-order chi connectivity index (χ0) is 18.9. The minimum atomic E-state index is -4.65. The van der Waals surface area contributed by atoms with E-state index in [-0.39, 0.29) is 18.1 Å². The number of sulfonamides is 1. The van der Waals surface area contributed by atoms with Gasteiger partial charge in [0.2, 0.25) is 10.0 Å². The number of halogens is 4. The number of benzene rings is 1. The predicted molar refractivity (Wildman–Crippen MR) is 89.5 cm³/mol. The van der Waals surface area contributed by atoms with Crippen LogP contribution in [0.25, 0.3) is 0 Å². The molecule has 0 radical (unpaired) electrons. The van der Waals surface area contributed by atoms with Crippen LogP contribution >= 0.6 is 11.6 Å². The maximum Gasteiger partial charge on any atom is 0.416 e. The number of hydrogen-bond donors (Lipinski definition) is 0. The van der Waals surface area contributed by atoms with Gasteiger partial charge in [0.15, 0.2) is 0 Å². The minimum Gasteiger partial charge on any atom is -0.353 e. The quantitative estimate of drug-likeness (QED) is 0.784. The number of alkyl halides is 3. The Bertz CT molecular complexity index is 886. The second-order valence-electron chi connectivity index (χ2n) is 5.60. The molecule has 0 atom stereocenters. The average Bonchev–Trinajstić information content (AvgIpc) is 2.62. The van der Waals surface area contributed by atoms with E-state index in [0.717, 1.165) is 16.4 Å². The number of anilines is 1. The van der Waals surface area contributed by atoms with E-state index in [4.69, 9.17) is 11.6 Å². The van der Waals surface area contributed by atoms with Crippen LogP contribution in [0.2, 0.25) is 5.02 Å². The molecule has 0 bridgehead atoms. The minimum absolute atomic E-state index is 0.103. The van der Waals surface area contributed by atoms with Crippen molar-refractivity contribution in [1.82, 2.24) is 14.3 Å². The Morgan fingerprint density at radius 1 is 1.08 bits per heavy atom. The SMILES string of the molecule is O=S(=O)(c1cc(C(F)(F)F)ccc1Cl)N1CCN(c2cnccn2)CC1. The Morgan fingerprint density at radius 2 is 1.77 bits per heavy atom. The molecule has 11 heteroatoms. The third kappa shape index (κ3) is 3.76. The summed E-state index contributed by atoms with van der Waals surface area (Å²) in [5.74, 6) is 0.613. The van der Waals surface area contributed by atoms with Gasteiger partial charge >= 0.3 is 6.18 Å². The number of rotatable bonds is 3. The molecule has 0 N–H and O–H groups in total. The van der Waals surface area contributed by atoms with Crippen LogP contribution < -0.4 is 4.90 Å². The van der Waals surface area contributed by atoms with E-state index < -0.39 is 26.7 Å². The van der Waals surface area contributed by atoms with Crippen LogP contribution in [0.4, 0.5) is 19.0 Å². The molecule has 1 aliphatic heterocycles. The maximum absolute atomic E-state index is 12.9. The molecule has 1 aromatic heterocycles. The monoisotopic (exact) mass is 406 g/mol. The lowest BCUT2D eigenvalue weighted by atomic mass is 10.2. The Hall–Kier alpha value is -1.91. The first-order valence-corrected chi connectivity index (χ1v) is 9.39. The highest BCUT2D eigenvalue weighted by atomic mass is 35.5. The number of hydrogen-bond acceptors (Lipinski definition) is 5. The Kier molecular flexibility index (Phi) is 5.09. The third-order valence-corrected chi connectivity index (χ3v) is 6.37. The standard InChI is InChI=1S/C15H14ClF3N4O2S/c16-12-2-1-11(15(17,18)19)9-13(12)26(24,25)23-7-5-22(6-8-23)14-10-20-3-4-21-14/h1-4,9-10H,5-8H2. The van der Waals surface area contributed by atoms with Crippen molar-refractivity contribution in [1.29, 1.82) is 0 Å². The Balaban J connectivity index is 1.82. The van der Waals surface area contributed by atoms with Gasteiger partial charge in [-0.1, -0.05) is 11.6 Å². The van der Waals surface area contributed by atoms with E-state index in [1.807, 2.05) is 4.90 Å². The van der Waals surface area contributed by atoms with Crippen LogP contribution in [0.3, 0.4) is 0 Å². The summed E-state index contributed by atoms with van der Waals surface area (Å²) in [6.07, 6.45) is -0.0337. The molecular weight excluding hydrogens is 393 g/mol. The van der Waals surface area contributed by atoms with Gasteiger partial charge in [0.25, 0.3) is 0 Å². The maximum atomic E-state index is 12.9. The molecule has 1 aromatic carbocycles. The lowest BCUT2D eigenvalue weighted by Gasteiger charge is -2.34. The lowest BCUT2D eigenvalue weighted by Crippen LogP contribution is -2.49. The average molecular weight is 407 g/mol. The molecule has 3 rings (SSSR count). The van der Waals surface area contributed by atoms with Crippen LogP contribution in [0, 0.1) is 0 Å². The molecule has 0 spiro atoms. The van der Waals surface area contributed by atoms with Gasteiger partial charge in [0, 0.05) is 38.6 Å². The molecule has 1 fully saturated rings. The summed E-state index contributed by atoms with van der Waals surface area (Å²) in [6, 6.07) is 2.28. The van der Waals surface area contributed by atoms with E-state index in [1.54, 1.807) is 6.20 Å². The van der Waals surface area contributed by atoms with Crippen LogP contribution in [0.5, 0.6) is 0 Å². The molecule has 1 saturated heterocycles. The van der Waals surface area contributed by atoms with Gasteiger partial charge in [-0.25, -0.2) is 13.4 Å². The van der Waals surface area contributed by atoms with Crippen molar-refractivity contribution in [3.63, 3.8) is 0 Å². The zero-order valence-corrected chi connectivity index (χ0v) is 14.9. The largest absolute Gasteiger partial charge is 0.416 e. The molecule has 1 aliphatic rings. The van der Waals surface area contributed by atoms with Gasteiger partial charge in [-0.3, -0.25) is 4.98 Å². The Labute approximate surface area is 153 Å². The number of aromatic nitrogens is 2. The molecular formula is C15H14ClF3N4O2S. The van der Waals surface area contributed by atoms with E-state index in [9.17, 15) is 21.6 Å². The smallest absolute Gasteiger partial charge is 0.353 e. The molecule has 0 unspecified atom stereocenters. The molecule has 140 valence electrons. The second-order valence-corrected chi connectivity index (χ2v) is 7.91. The Morgan fingerprint density at radius 3 is 2.35 bits per heavy atom. The molecule has 0 aliphatic carbocycles.